The van der Waals surface area contributed by atoms with Gasteiger partial charge in [-0.2, -0.15) is 9.78 Å². The van der Waals surface area contributed by atoms with E-state index in [-0.39, 0.29) is 11.7 Å². The molecule has 0 saturated carbocycles. The van der Waals surface area contributed by atoms with E-state index < -0.39 is 0 Å². The van der Waals surface area contributed by atoms with Gasteiger partial charge in [-0.25, -0.2) is 4.98 Å². The fourth-order valence-electron chi connectivity index (χ4n) is 2.99. The molecule has 1 aromatic heterocycles. The van der Waals surface area contributed by atoms with Gasteiger partial charge in [0.1, 0.15) is 5.82 Å². The highest BCUT2D eigenvalue weighted by Crippen LogP contribution is 2.35. The average Bonchev–Trinajstić information content (AvgIpc) is 2.74. The Hall–Kier alpha value is -1.70. The lowest BCUT2D eigenvalue weighted by Crippen LogP contribution is -2.22. The van der Waals surface area contributed by atoms with E-state index >= 15 is 0 Å². The third-order valence-corrected chi connectivity index (χ3v) is 6.23. The summed E-state index contributed by atoms with van der Waals surface area (Å²) in [6.45, 7) is 6.15. The smallest absolute Gasteiger partial charge is 0.282 e. The molecule has 0 fully saturated rings. The van der Waals surface area contributed by atoms with Crippen LogP contribution in [0.3, 0.4) is 0 Å². The molecule has 0 spiro atoms. The van der Waals surface area contributed by atoms with E-state index in [0.29, 0.717) is 33.9 Å². The molecule has 0 radical (unpaired) electrons. The summed E-state index contributed by atoms with van der Waals surface area (Å²) < 4.78 is 8.84. The topological polar surface area (TPSA) is 56.5 Å². The number of hydrogen-bond donors (Lipinski definition) is 0. The molecule has 0 unspecified atom stereocenters. The van der Waals surface area contributed by atoms with Crippen LogP contribution >= 0.6 is 43.5 Å². The van der Waals surface area contributed by atoms with Gasteiger partial charge in [-0.15, -0.1) is 0 Å². The molecule has 5 nitrogen and oxygen atoms in total. The lowest BCUT2D eigenvalue weighted by Gasteiger charge is -2.16. The van der Waals surface area contributed by atoms with Crippen LogP contribution in [0, 0.1) is 0 Å². The van der Waals surface area contributed by atoms with E-state index in [1.54, 1.807) is 18.3 Å². The lowest BCUT2D eigenvalue weighted by molar-refractivity contribution is 0.216. The van der Waals surface area contributed by atoms with E-state index in [1.165, 1.54) is 4.68 Å². The van der Waals surface area contributed by atoms with Gasteiger partial charge in [0, 0.05) is 10.9 Å². The molecule has 31 heavy (non-hydrogen) atoms. The summed E-state index contributed by atoms with van der Waals surface area (Å²) in [5, 5.41) is 5.48. The first-order chi connectivity index (χ1) is 14.8. The van der Waals surface area contributed by atoms with E-state index in [4.69, 9.17) is 21.3 Å². The zero-order valence-electron chi connectivity index (χ0n) is 17.7. The van der Waals surface area contributed by atoms with Crippen molar-refractivity contribution in [2.24, 2.45) is 5.10 Å². The molecule has 0 amide bonds. The first kappa shape index (κ1) is 24.0. The van der Waals surface area contributed by atoms with Crippen molar-refractivity contribution in [2.75, 3.05) is 0 Å². The van der Waals surface area contributed by atoms with Crippen LogP contribution in [0.15, 0.2) is 49.2 Å². The van der Waals surface area contributed by atoms with E-state index in [1.807, 2.05) is 25.1 Å². The van der Waals surface area contributed by atoms with Gasteiger partial charge in [0.15, 0.2) is 5.75 Å². The third-order valence-electron chi connectivity index (χ3n) is 4.87. The van der Waals surface area contributed by atoms with Crippen LogP contribution in [-0.4, -0.2) is 22.0 Å². The van der Waals surface area contributed by atoms with Crippen molar-refractivity contribution in [2.45, 2.75) is 52.6 Å². The highest BCUT2D eigenvalue weighted by Gasteiger charge is 2.13. The zero-order valence-corrected chi connectivity index (χ0v) is 21.6. The summed E-state index contributed by atoms with van der Waals surface area (Å²) in [4.78, 5) is 17.9. The largest absolute Gasteiger partial charge is 0.488 e. The average molecular weight is 570 g/mol. The Balaban J connectivity index is 2.03. The number of aromatic nitrogens is 2. The molecule has 3 rings (SSSR count). The number of benzene rings is 2. The van der Waals surface area contributed by atoms with Crippen molar-refractivity contribution in [1.29, 1.82) is 0 Å². The van der Waals surface area contributed by atoms with Crippen LogP contribution in [0.25, 0.3) is 10.9 Å². The van der Waals surface area contributed by atoms with E-state index in [0.717, 1.165) is 33.8 Å². The predicted octanol–water partition coefficient (Wildman–Crippen LogP) is 6.98. The maximum absolute atomic E-state index is 13.2. The van der Waals surface area contributed by atoms with Crippen molar-refractivity contribution in [3.05, 3.63) is 66.0 Å². The molecule has 0 aliphatic rings. The fraction of sp³-hybridized carbons (Fsp3) is 0.348. The summed E-state index contributed by atoms with van der Waals surface area (Å²) in [7, 11) is 0. The van der Waals surface area contributed by atoms with E-state index in [2.05, 4.69) is 50.8 Å². The Morgan fingerprint density at radius 3 is 2.71 bits per heavy atom. The monoisotopic (exact) mass is 567 g/mol. The third kappa shape index (κ3) is 5.76. The molecule has 2 aromatic carbocycles. The van der Waals surface area contributed by atoms with Gasteiger partial charge >= 0.3 is 0 Å². The molecule has 0 aliphatic carbocycles. The van der Waals surface area contributed by atoms with Crippen LogP contribution in [0.4, 0.5) is 0 Å². The molecular weight excluding hydrogens is 546 g/mol. The molecular formula is C23H24Br2ClN3O2. The molecule has 1 atom stereocenters. The van der Waals surface area contributed by atoms with Crippen molar-refractivity contribution < 1.29 is 4.74 Å². The minimum atomic E-state index is -0.199. The summed E-state index contributed by atoms with van der Waals surface area (Å²) in [6.07, 6.45) is 5.13. The second-order valence-corrected chi connectivity index (χ2v) is 9.48. The van der Waals surface area contributed by atoms with Gasteiger partial charge in [0.25, 0.3) is 5.56 Å². The van der Waals surface area contributed by atoms with Crippen LogP contribution in [0.5, 0.6) is 5.75 Å². The van der Waals surface area contributed by atoms with E-state index in [9.17, 15) is 4.79 Å². The number of ether oxygens (including phenoxy) is 1. The van der Waals surface area contributed by atoms with Gasteiger partial charge in [-0.05, 0) is 71.6 Å². The lowest BCUT2D eigenvalue weighted by atomic mass is 10.2. The van der Waals surface area contributed by atoms with Crippen LogP contribution < -0.4 is 10.3 Å². The number of hydrogen-bond acceptors (Lipinski definition) is 4. The number of nitrogens with zero attached hydrogens (tertiary/aromatic N) is 3. The Kier molecular flexibility index (Phi) is 8.30. The standard InChI is InChI=1S/C23H24Br2ClN3O2/c1-4-6-7-21-28-20-9-8-16(24)12-17(20)23(30)29(21)27-13-15-10-18(25)22(19(26)11-15)31-14(3)5-2/h8-14H,4-7H2,1-3H3/t14-/m1/s1. The number of rotatable bonds is 8. The highest BCUT2D eigenvalue weighted by atomic mass is 79.9. The highest BCUT2D eigenvalue weighted by molar-refractivity contribution is 9.10. The quantitative estimate of drug-likeness (QED) is 0.275. The zero-order chi connectivity index (χ0) is 22.5. The minimum Gasteiger partial charge on any atom is -0.488 e. The summed E-state index contributed by atoms with van der Waals surface area (Å²) in [5.74, 6) is 1.24. The number of halogens is 3. The van der Waals surface area contributed by atoms with Gasteiger partial charge in [-0.3, -0.25) is 4.79 Å². The first-order valence-electron chi connectivity index (χ1n) is 10.2. The first-order valence-corrected chi connectivity index (χ1v) is 12.2. The molecule has 0 aliphatic heterocycles. The molecule has 0 N–H and O–H groups in total. The summed E-state index contributed by atoms with van der Waals surface area (Å²) in [6, 6.07) is 9.14. The SMILES string of the molecule is CCCCc1nc2ccc(Br)cc2c(=O)n1N=Cc1cc(Cl)c(O[C@H](C)CC)c(Br)c1. The Labute approximate surface area is 203 Å². The number of fused-ring (bicyclic) bond motifs is 1. The maximum atomic E-state index is 13.2. The van der Waals surface area contributed by atoms with Crippen LogP contribution in [0.2, 0.25) is 5.02 Å². The van der Waals surface area contributed by atoms with Crippen LogP contribution in [-0.2, 0) is 6.42 Å². The van der Waals surface area contributed by atoms with Crippen molar-refractivity contribution in [1.82, 2.24) is 9.66 Å². The van der Waals surface area contributed by atoms with Gasteiger partial charge in [0.2, 0.25) is 0 Å². The summed E-state index contributed by atoms with van der Waals surface area (Å²) in [5.41, 5.74) is 1.22. The second kappa shape index (κ2) is 10.7. The normalized spacial score (nSPS) is 12.6. The van der Waals surface area contributed by atoms with Gasteiger partial charge in [0.05, 0.1) is 32.7 Å². The van der Waals surface area contributed by atoms with Gasteiger partial charge < -0.3 is 4.74 Å². The predicted molar refractivity (Wildman–Crippen MR) is 135 cm³/mol. The number of aryl methyl sites for hydroxylation is 1. The minimum absolute atomic E-state index is 0.0519. The molecule has 0 saturated heterocycles. The summed E-state index contributed by atoms with van der Waals surface area (Å²) >= 11 is 13.4. The van der Waals surface area contributed by atoms with Crippen molar-refractivity contribution in [3.63, 3.8) is 0 Å². The molecule has 164 valence electrons. The maximum Gasteiger partial charge on any atom is 0.282 e. The van der Waals surface area contributed by atoms with Gasteiger partial charge in [-0.1, -0.05) is 47.8 Å². The van der Waals surface area contributed by atoms with Crippen molar-refractivity contribution in [3.8, 4) is 5.75 Å². The second-order valence-electron chi connectivity index (χ2n) is 7.30. The molecule has 0 bridgehead atoms. The Bertz CT molecular complexity index is 1150. The fourth-order valence-corrected chi connectivity index (χ4v) is 4.31. The molecule has 3 aromatic rings. The van der Waals surface area contributed by atoms with Crippen molar-refractivity contribution >= 4 is 60.6 Å². The number of unbranched alkanes of at least 4 members (excludes halogenated alkanes) is 1. The Morgan fingerprint density at radius 1 is 1.26 bits per heavy atom. The van der Waals surface area contributed by atoms with Crippen LogP contribution in [0.1, 0.15) is 51.4 Å². The molecule has 1 heterocycles. The Morgan fingerprint density at radius 2 is 2.03 bits per heavy atom. The molecule has 8 heteroatoms.